The van der Waals surface area contributed by atoms with Gasteiger partial charge in [-0.1, -0.05) is 30.3 Å². The first-order valence-electron chi connectivity index (χ1n) is 8.05. The summed E-state index contributed by atoms with van der Waals surface area (Å²) < 4.78 is 11.0. The summed E-state index contributed by atoms with van der Waals surface area (Å²) in [6.45, 7) is 1.54. The topological polar surface area (TPSA) is 79.6 Å². The lowest BCUT2D eigenvalue weighted by Crippen LogP contribution is -2.35. The van der Waals surface area contributed by atoms with Gasteiger partial charge in [0.15, 0.2) is 6.10 Å². The Morgan fingerprint density at radius 1 is 1.04 bits per heavy atom. The molecule has 0 unspecified atom stereocenters. The molecule has 2 atom stereocenters. The molecule has 0 aromatic heterocycles. The zero-order chi connectivity index (χ0) is 19.1. The molecule has 0 aliphatic heterocycles. The fourth-order valence-corrected chi connectivity index (χ4v) is 2.20. The highest BCUT2D eigenvalue weighted by atomic mass is 16.6. The maximum Gasteiger partial charge on any atom is 0.348 e. The van der Waals surface area contributed by atoms with E-state index in [0.717, 1.165) is 0 Å². The maximum absolute atomic E-state index is 12.4. The van der Waals surface area contributed by atoms with E-state index in [9.17, 15) is 9.59 Å². The molecule has 2 aromatic carbocycles. The van der Waals surface area contributed by atoms with Crippen LogP contribution in [0.15, 0.2) is 54.6 Å². The molecule has 134 valence electrons. The lowest BCUT2D eigenvalue weighted by Gasteiger charge is -2.23. The van der Waals surface area contributed by atoms with Crippen LogP contribution in [0.5, 0.6) is 5.75 Å². The molecule has 6 nitrogen and oxygen atoms in total. The Kier molecular flexibility index (Phi) is 6.34. The second kappa shape index (κ2) is 8.67. The number of hydrogen-bond acceptors (Lipinski definition) is 5. The van der Waals surface area contributed by atoms with Gasteiger partial charge in [-0.3, -0.25) is 4.79 Å². The van der Waals surface area contributed by atoms with Crippen LogP contribution < -0.4 is 4.74 Å². The first-order valence-corrected chi connectivity index (χ1v) is 8.05. The van der Waals surface area contributed by atoms with Gasteiger partial charge in [0.1, 0.15) is 5.75 Å². The van der Waals surface area contributed by atoms with Crippen molar-refractivity contribution in [2.75, 3.05) is 14.1 Å². The number of hydrogen-bond donors (Lipinski definition) is 0. The van der Waals surface area contributed by atoms with Gasteiger partial charge in [0.05, 0.1) is 11.6 Å². The van der Waals surface area contributed by atoms with Gasteiger partial charge in [0, 0.05) is 19.7 Å². The van der Waals surface area contributed by atoms with E-state index in [-0.39, 0.29) is 5.91 Å². The molecule has 0 N–H and O–H groups in total. The molecule has 1 amide bonds. The largest absolute Gasteiger partial charge is 0.479 e. The van der Waals surface area contributed by atoms with Crippen molar-refractivity contribution >= 4 is 11.9 Å². The maximum atomic E-state index is 12.4. The van der Waals surface area contributed by atoms with Crippen molar-refractivity contribution in [3.63, 3.8) is 0 Å². The molecule has 0 heterocycles. The Labute approximate surface area is 152 Å². The number of ether oxygens (including phenoxy) is 2. The van der Waals surface area contributed by atoms with Gasteiger partial charge < -0.3 is 14.4 Å². The minimum atomic E-state index is -1.04. The third kappa shape index (κ3) is 4.84. The summed E-state index contributed by atoms with van der Waals surface area (Å²) >= 11 is 0. The van der Waals surface area contributed by atoms with Gasteiger partial charge in [-0.25, -0.2) is 4.79 Å². The van der Waals surface area contributed by atoms with E-state index in [0.29, 0.717) is 16.9 Å². The second-order valence-electron chi connectivity index (χ2n) is 5.86. The van der Waals surface area contributed by atoms with Gasteiger partial charge in [0.25, 0.3) is 5.91 Å². The number of benzene rings is 2. The highest BCUT2D eigenvalue weighted by Crippen LogP contribution is 2.21. The zero-order valence-corrected chi connectivity index (χ0v) is 14.9. The minimum absolute atomic E-state index is 0.338. The van der Waals surface area contributed by atoms with Crippen molar-refractivity contribution in [2.24, 2.45) is 0 Å². The third-order valence-corrected chi connectivity index (χ3v) is 3.63. The Balaban J connectivity index is 2.10. The Morgan fingerprint density at radius 2 is 1.65 bits per heavy atom. The first-order chi connectivity index (χ1) is 12.4. The molecule has 0 aliphatic carbocycles. The number of carbonyl (C=O) groups is 2. The van der Waals surface area contributed by atoms with Crippen LogP contribution in [0.1, 0.15) is 24.2 Å². The molecule has 6 heteroatoms. The molecule has 0 fully saturated rings. The molecule has 0 saturated heterocycles. The molecule has 26 heavy (non-hydrogen) atoms. The highest BCUT2D eigenvalue weighted by molar-refractivity contribution is 5.85. The Hall–Kier alpha value is -3.33. The number of likely N-dealkylation sites (N-methyl/N-ethyl adjacent to an activating group) is 1. The van der Waals surface area contributed by atoms with Crippen molar-refractivity contribution in [1.29, 1.82) is 5.26 Å². The second-order valence-corrected chi connectivity index (χ2v) is 5.86. The normalized spacial score (nSPS) is 12.4. The van der Waals surface area contributed by atoms with Gasteiger partial charge in [-0.2, -0.15) is 5.26 Å². The summed E-state index contributed by atoms with van der Waals surface area (Å²) in [6.07, 6.45) is -1.95. The fraction of sp³-hybridized carbons (Fsp3) is 0.250. The summed E-state index contributed by atoms with van der Waals surface area (Å²) in [5, 5.41) is 8.80. The smallest absolute Gasteiger partial charge is 0.348 e. The lowest BCUT2D eigenvalue weighted by molar-refractivity contribution is -0.165. The van der Waals surface area contributed by atoms with Gasteiger partial charge in [-0.15, -0.1) is 0 Å². The molecular formula is C20H20N2O4. The van der Waals surface area contributed by atoms with E-state index in [1.165, 1.54) is 4.90 Å². The zero-order valence-electron chi connectivity index (χ0n) is 14.9. The highest BCUT2D eigenvalue weighted by Gasteiger charge is 2.29. The van der Waals surface area contributed by atoms with E-state index in [1.807, 2.05) is 12.1 Å². The van der Waals surface area contributed by atoms with Crippen LogP contribution in [-0.4, -0.2) is 37.0 Å². The molecule has 0 aliphatic rings. The summed E-state index contributed by atoms with van der Waals surface area (Å²) in [6, 6.07) is 17.2. The molecule has 2 aromatic rings. The van der Waals surface area contributed by atoms with Crippen LogP contribution in [0.4, 0.5) is 0 Å². The van der Waals surface area contributed by atoms with Crippen molar-refractivity contribution in [3.8, 4) is 11.8 Å². The number of rotatable bonds is 6. The molecule has 0 saturated carbocycles. The van der Waals surface area contributed by atoms with E-state index in [1.54, 1.807) is 69.6 Å². The summed E-state index contributed by atoms with van der Waals surface area (Å²) in [5.74, 6) is -0.558. The molecule has 0 spiro atoms. The van der Waals surface area contributed by atoms with Crippen molar-refractivity contribution in [3.05, 3.63) is 65.7 Å². The Bertz CT molecular complexity index is 795. The van der Waals surface area contributed by atoms with Crippen molar-refractivity contribution in [2.45, 2.75) is 19.1 Å². The average Bonchev–Trinajstić information content (AvgIpc) is 2.66. The van der Waals surface area contributed by atoms with Crippen LogP contribution in [-0.2, 0) is 14.3 Å². The van der Waals surface area contributed by atoms with E-state index in [4.69, 9.17) is 14.7 Å². The van der Waals surface area contributed by atoms with Crippen LogP contribution in [0.2, 0.25) is 0 Å². The van der Waals surface area contributed by atoms with Crippen LogP contribution in [0.25, 0.3) is 0 Å². The monoisotopic (exact) mass is 352 g/mol. The quantitative estimate of drug-likeness (QED) is 0.747. The van der Waals surface area contributed by atoms with Crippen LogP contribution >= 0.6 is 0 Å². The van der Waals surface area contributed by atoms with Crippen LogP contribution in [0, 0.1) is 11.3 Å². The van der Waals surface area contributed by atoms with E-state index in [2.05, 4.69) is 0 Å². The van der Waals surface area contributed by atoms with E-state index < -0.39 is 18.2 Å². The summed E-state index contributed by atoms with van der Waals surface area (Å²) in [4.78, 5) is 26.2. The summed E-state index contributed by atoms with van der Waals surface area (Å²) in [7, 11) is 3.20. The number of carbonyl (C=O) groups excluding carboxylic acids is 2. The molecule has 0 bridgehead atoms. The Morgan fingerprint density at radius 3 is 2.19 bits per heavy atom. The fourth-order valence-electron chi connectivity index (χ4n) is 2.20. The standard InChI is InChI=1S/C20H20N2O4/c1-14(25-17-11-9-15(13-21)10-12-17)20(24)26-18(19(23)22(2)3)16-7-5-4-6-8-16/h4-12,14,18H,1-3H3/t14-,18+/m1/s1. The predicted octanol–water partition coefficient (Wildman–Crippen LogP) is 2.70. The SMILES string of the molecule is C[C@@H](Oc1ccc(C#N)cc1)C(=O)O[C@H](C(=O)N(C)C)c1ccccc1. The van der Waals surface area contributed by atoms with Gasteiger partial charge in [-0.05, 0) is 31.2 Å². The van der Waals surface area contributed by atoms with Crippen molar-refractivity contribution < 1.29 is 19.1 Å². The number of nitriles is 1. The lowest BCUT2D eigenvalue weighted by atomic mass is 10.1. The number of amides is 1. The predicted molar refractivity (Wildman–Crippen MR) is 95.2 cm³/mol. The van der Waals surface area contributed by atoms with Gasteiger partial charge >= 0.3 is 5.97 Å². The van der Waals surface area contributed by atoms with Crippen LogP contribution in [0.3, 0.4) is 0 Å². The first kappa shape index (κ1) is 19.0. The van der Waals surface area contributed by atoms with E-state index >= 15 is 0 Å². The van der Waals surface area contributed by atoms with Crippen molar-refractivity contribution in [1.82, 2.24) is 4.90 Å². The van der Waals surface area contributed by atoms with Gasteiger partial charge in [0.2, 0.25) is 6.10 Å². The number of nitrogens with zero attached hydrogens (tertiary/aromatic N) is 2. The summed E-state index contributed by atoms with van der Waals surface area (Å²) in [5.41, 5.74) is 1.08. The third-order valence-electron chi connectivity index (χ3n) is 3.63. The molecule has 0 radical (unpaired) electrons. The minimum Gasteiger partial charge on any atom is -0.479 e. The number of esters is 1. The average molecular weight is 352 g/mol. The molecule has 2 rings (SSSR count). The molecular weight excluding hydrogens is 332 g/mol.